The largest absolute Gasteiger partial charge is 0.380 e. The van der Waals surface area contributed by atoms with Gasteiger partial charge in [0, 0.05) is 74.1 Å². The number of benzene rings is 2. The van der Waals surface area contributed by atoms with E-state index in [1.54, 1.807) is 30.5 Å². The normalized spacial score (nSPS) is 19.3. The first-order valence-electron chi connectivity index (χ1n) is 14.2. The number of hydrogen-bond donors (Lipinski definition) is 2. The lowest BCUT2D eigenvalue weighted by Crippen LogP contribution is -2.22. The maximum Gasteiger partial charge on any atom is 0.204 e. The Morgan fingerprint density at radius 1 is 1.23 bits per heavy atom. The fourth-order valence-corrected chi connectivity index (χ4v) is 6.72. The first-order chi connectivity index (χ1) is 20.9. The maximum absolute atomic E-state index is 14.4. The Kier molecular flexibility index (Phi) is 7.46. The van der Waals surface area contributed by atoms with E-state index in [1.165, 1.54) is 5.56 Å². The van der Waals surface area contributed by atoms with Crippen molar-refractivity contribution < 1.29 is 9.13 Å². The summed E-state index contributed by atoms with van der Waals surface area (Å²) in [6.07, 6.45) is 7.54. The van der Waals surface area contributed by atoms with Crippen molar-refractivity contribution in [2.24, 2.45) is 0 Å². The van der Waals surface area contributed by atoms with Crippen molar-refractivity contribution in [2.75, 3.05) is 25.5 Å². The summed E-state index contributed by atoms with van der Waals surface area (Å²) in [7, 11) is 1.77. The first-order valence-corrected chi connectivity index (χ1v) is 15.0. The summed E-state index contributed by atoms with van der Waals surface area (Å²) < 4.78 is 23.5. The third-order valence-corrected chi connectivity index (χ3v) is 9.05. The summed E-state index contributed by atoms with van der Waals surface area (Å²) in [5.74, 6) is 0.524. The minimum atomic E-state index is -0.962. The second kappa shape index (κ2) is 11.4. The fraction of sp³-hybridized carbons (Fsp3) is 0.323. The number of halogens is 3. The zero-order valence-electron chi connectivity index (χ0n) is 23.6. The van der Waals surface area contributed by atoms with Crippen LogP contribution in [0, 0.1) is 0 Å². The van der Waals surface area contributed by atoms with Crippen LogP contribution < -0.4 is 5.32 Å². The van der Waals surface area contributed by atoms with Crippen LogP contribution in [0.2, 0.25) is 10.0 Å². The molecule has 0 amide bonds. The Morgan fingerprint density at radius 2 is 2.07 bits per heavy atom. The SMILES string of the molecule is C=C(Nc1ncc[nH]1)C(c1ncn2c1C[C@@H](F)C2)n1cc2c(Cl)cc(-c3ccc(CN4CCC(OC)C4)cc3)c(Cl)c2n1. The molecule has 2 unspecified atom stereocenters. The van der Waals surface area contributed by atoms with Crippen LogP contribution in [-0.2, 0) is 24.2 Å². The van der Waals surface area contributed by atoms with Crippen molar-refractivity contribution in [2.45, 2.75) is 44.2 Å². The average Bonchev–Trinajstić information content (AvgIpc) is 3.82. The number of hydrogen-bond acceptors (Lipinski definition) is 6. The predicted octanol–water partition coefficient (Wildman–Crippen LogP) is 6.26. The molecule has 9 nitrogen and oxygen atoms in total. The molecule has 3 atom stereocenters. The van der Waals surface area contributed by atoms with E-state index < -0.39 is 12.2 Å². The number of imidazole rings is 2. The van der Waals surface area contributed by atoms with Gasteiger partial charge in [-0.1, -0.05) is 54.0 Å². The molecule has 7 rings (SSSR count). The zero-order chi connectivity index (χ0) is 29.7. The monoisotopic (exact) mass is 620 g/mol. The van der Waals surface area contributed by atoms with Crippen molar-refractivity contribution >= 4 is 40.1 Å². The predicted molar refractivity (Wildman–Crippen MR) is 166 cm³/mol. The van der Waals surface area contributed by atoms with E-state index in [4.69, 9.17) is 33.0 Å². The molecular formula is C31H31Cl2FN8O. The van der Waals surface area contributed by atoms with Crippen LogP contribution >= 0.6 is 23.2 Å². The number of nitrogens with zero attached hydrogens (tertiary/aromatic N) is 6. The van der Waals surface area contributed by atoms with Crippen molar-refractivity contribution in [3.63, 3.8) is 0 Å². The Balaban J connectivity index is 1.23. The number of aromatic amines is 1. The fourth-order valence-electron chi connectivity index (χ4n) is 6.17. The highest BCUT2D eigenvalue weighted by atomic mass is 35.5. The second-order valence-corrected chi connectivity index (χ2v) is 12.0. The molecule has 2 aromatic carbocycles. The molecule has 0 bridgehead atoms. The number of rotatable bonds is 9. The first kappa shape index (κ1) is 28.1. The van der Waals surface area contributed by atoms with Crippen molar-refractivity contribution in [3.8, 4) is 11.1 Å². The smallest absolute Gasteiger partial charge is 0.204 e. The summed E-state index contributed by atoms with van der Waals surface area (Å²) in [5.41, 5.74) is 5.56. The molecule has 2 aliphatic heterocycles. The number of ether oxygens (including phenoxy) is 1. The van der Waals surface area contributed by atoms with Gasteiger partial charge < -0.3 is 19.6 Å². The minimum absolute atomic E-state index is 0.271. The topological polar surface area (TPSA) is 88.8 Å². The number of allylic oxidation sites excluding steroid dienone is 1. The van der Waals surface area contributed by atoms with E-state index in [2.05, 4.69) is 56.0 Å². The summed E-state index contributed by atoms with van der Waals surface area (Å²) in [5, 5.41) is 9.85. The molecule has 0 aliphatic carbocycles. The molecule has 43 heavy (non-hydrogen) atoms. The van der Waals surface area contributed by atoms with E-state index in [1.807, 2.05) is 16.8 Å². The third-order valence-electron chi connectivity index (χ3n) is 8.36. The van der Waals surface area contributed by atoms with Crippen LogP contribution in [0.25, 0.3) is 22.0 Å². The molecule has 222 valence electrons. The molecule has 12 heteroatoms. The molecule has 3 aromatic heterocycles. The van der Waals surface area contributed by atoms with Gasteiger partial charge in [0.1, 0.15) is 17.7 Å². The summed E-state index contributed by atoms with van der Waals surface area (Å²) in [6.45, 7) is 7.41. The number of H-pyrrole nitrogens is 1. The Bertz CT molecular complexity index is 1780. The highest BCUT2D eigenvalue weighted by Crippen LogP contribution is 2.40. The van der Waals surface area contributed by atoms with Gasteiger partial charge in [0.05, 0.1) is 34.7 Å². The number of fused-ring (bicyclic) bond motifs is 2. The molecule has 0 radical (unpaired) electrons. The van der Waals surface area contributed by atoms with Gasteiger partial charge in [-0.2, -0.15) is 5.10 Å². The second-order valence-electron chi connectivity index (χ2n) is 11.2. The lowest BCUT2D eigenvalue weighted by molar-refractivity contribution is 0.107. The number of nitrogens with one attached hydrogen (secondary N) is 2. The van der Waals surface area contributed by atoms with Crippen LogP contribution in [0.3, 0.4) is 0 Å². The minimum Gasteiger partial charge on any atom is -0.380 e. The third kappa shape index (κ3) is 5.33. The molecule has 5 heterocycles. The lowest BCUT2D eigenvalue weighted by atomic mass is 10.0. The van der Waals surface area contributed by atoms with Gasteiger partial charge in [0.15, 0.2) is 0 Å². The van der Waals surface area contributed by atoms with Crippen molar-refractivity contribution in [3.05, 3.63) is 94.5 Å². The number of anilines is 1. The van der Waals surface area contributed by atoms with E-state index in [0.717, 1.165) is 42.9 Å². The zero-order valence-corrected chi connectivity index (χ0v) is 25.1. The summed E-state index contributed by atoms with van der Waals surface area (Å²) >= 11 is 13.9. The van der Waals surface area contributed by atoms with Gasteiger partial charge in [-0.05, 0) is 23.6 Å². The highest BCUT2D eigenvalue weighted by molar-refractivity contribution is 6.42. The van der Waals surface area contributed by atoms with Crippen LogP contribution in [0.5, 0.6) is 0 Å². The number of methoxy groups -OCH3 is 1. The molecule has 5 aromatic rings. The number of likely N-dealkylation sites (tertiary alicyclic amines) is 1. The average molecular weight is 622 g/mol. The molecular weight excluding hydrogens is 590 g/mol. The molecule has 1 saturated heterocycles. The van der Waals surface area contributed by atoms with Gasteiger partial charge in [-0.15, -0.1) is 0 Å². The van der Waals surface area contributed by atoms with Gasteiger partial charge >= 0.3 is 0 Å². The summed E-state index contributed by atoms with van der Waals surface area (Å²) in [6, 6.07) is 9.69. The summed E-state index contributed by atoms with van der Waals surface area (Å²) in [4.78, 5) is 14.4. The number of aromatic nitrogens is 6. The molecule has 2 aliphatic rings. The van der Waals surface area contributed by atoms with Gasteiger partial charge in [0.2, 0.25) is 5.95 Å². The lowest BCUT2D eigenvalue weighted by Gasteiger charge is -2.20. The standard InChI is InChI=1S/C31H31Cl2FN8O/c1-18(38-31-35-8-9-36-31)30(29-26-11-21(34)14-41(26)17-37-29)42-16-24-25(32)12-23(27(33)28(24)39-42)20-5-3-19(4-6-20)13-40-10-7-22(15-40)43-2/h3-6,8-9,12,16-17,21-22,30H,1,7,10-11,13-15H2,2H3,(H2,35,36,38)/t21-,22?,30?/m1/s1. The van der Waals surface area contributed by atoms with E-state index in [9.17, 15) is 4.39 Å². The molecule has 0 spiro atoms. The Labute approximate surface area is 258 Å². The van der Waals surface area contributed by atoms with Gasteiger partial charge in [0.25, 0.3) is 0 Å². The maximum atomic E-state index is 14.4. The van der Waals surface area contributed by atoms with Gasteiger partial charge in [-0.25, -0.2) is 14.4 Å². The highest BCUT2D eigenvalue weighted by Gasteiger charge is 2.32. The van der Waals surface area contributed by atoms with Crippen LogP contribution in [0.1, 0.15) is 29.4 Å². The van der Waals surface area contributed by atoms with Crippen LogP contribution in [0.4, 0.5) is 10.3 Å². The quantitative estimate of drug-likeness (QED) is 0.202. The Hall–Kier alpha value is -3.70. The number of alkyl halides is 1. The Morgan fingerprint density at radius 3 is 2.81 bits per heavy atom. The van der Waals surface area contributed by atoms with E-state index in [-0.39, 0.29) is 13.0 Å². The van der Waals surface area contributed by atoms with E-state index in [0.29, 0.717) is 44.4 Å². The van der Waals surface area contributed by atoms with Crippen LogP contribution in [0.15, 0.2) is 67.5 Å². The molecule has 0 saturated carbocycles. The van der Waals surface area contributed by atoms with E-state index >= 15 is 0 Å². The molecule has 2 N–H and O–H groups in total. The van der Waals surface area contributed by atoms with Crippen molar-refractivity contribution in [1.29, 1.82) is 0 Å². The van der Waals surface area contributed by atoms with Crippen molar-refractivity contribution in [1.82, 2.24) is 34.2 Å². The van der Waals surface area contributed by atoms with Crippen LogP contribution in [-0.4, -0.2) is 66.7 Å². The van der Waals surface area contributed by atoms with Gasteiger partial charge in [-0.3, -0.25) is 9.58 Å². The molecule has 1 fully saturated rings.